The molecule has 10 heteroatoms. The summed E-state index contributed by atoms with van der Waals surface area (Å²) in [5.74, 6) is -3.51. The van der Waals surface area contributed by atoms with Gasteiger partial charge in [0.2, 0.25) is 0 Å². The van der Waals surface area contributed by atoms with Crippen LogP contribution in [-0.4, -0.2) is 22.2 Å². The third-order valence-electron chi connectivity index (χ3n) is 5.44. The third-order valence-corrected chi connectivity index (χ3v) is 6.42. The Kier molecular flexibility index (Phi) is 7.89. The molecule has 0 saturated carbocycles. The molecule has 0 saturated heterocycles. The second-order valence-corrected chi connectivity index (χ2v) is 9.88. The van der Waals surface area contributed by atoms with E-state index < -0.39 is 23.6 Å². The van der Waals surface area contributed by atoms with Crippen LogP contribution in [0.15, 0.2) is 81.7 Å². The minimum Gasteiger partial charge on any atom is -0.478 e. The zero-order chi connectivity index (χ0) is 26.7. The molecule has 0 aliphatic rings. The zero-order valence-corrected chi connectivity index (χ0v) is 22.0. The number of benzene rings is 4. The standard InChI is InChI=1S/C27H18Br2F2N2O4/c28-16-3-7-24(20(30)12-16)32-22-5-1-14(10-18(22)26(34)35)9-15-2-6-23(19(11-15)27(36)37)33-25-8-4-17(29)13-21(25)31/h1-8,10-13,32-33H,9H2,(H,34,35)(H,36,37). The van der Waals surface area contributed by atoms with Crippen LogP contribution in [0.4, 0.5) is 31.5 Å². The molecule has 37 heavy (non-hydrogen) atoms. The summed E-state index contributed by atoms with van der Waals surface area (Å²) in [6.45, 7) is 0. The van der Waals surface area contributed by atoms with Gasteiger partial charge >= 0.3 is 11.9 Å². The van der Waals surface area contributed by atoms with Crippen molar-refractivity contribution in [2.75, 3.05) is 10.6 Å². The van der Waals surface area contributed by atoms with E-state index in [1.54, 1.807) is 24.3 Å². The van der Waals surface area contributed by atoms with Crippen molar-refractivity contribution >= 4 is 66.5 Å². The van der Waals surface area contributed by atoms with Gasteiger partial charge in [0.15, 0.2) is 0 Å². The van der Waals surface area contributed by atoms with Gasteiger partial charge in [-0.2, -0.15) is 0 Å². The van der Waals surface area contributed by atoms with E-state index in [0.717, 1.165) is 0 Å². The topological polar surface area (TPSA) is 98.7 Å². The Morgan fingerprint density at radius 1 is 0.622 bits per heavy atom. The molecule has 0 aliphatic carbocycles. The Hall–Kier alpha value is -3.76. The first-order valence-corrected chi connectivity index (χ1v) is 12.4. The van der Waals surface area contributed by atoms with Crippen LogP contribution in [0.1, 0.15) is 31.8 Å². The Bertz CT molecular complexity index is 1420. The van der Waals surface area contributed by atoms with Gasteiger partial charge in [0.1, 0.15) is 11.6 Å². The number of anilines is 4. The summed E-state index contributed by atoms with van der Waals surface area (Å²) in [5.41, 5.74) is 1.74. The molecule has 4 aromatic carbocycles. The molecule has 4 aromatic rings. The second-order valence-electron chi connectivity index (χ2n) is 8.05. The van der Waals surface area contributed by atoms with Crippen LogP contribution in [0.3, 0.4) is 0 Å². The largest absolute Gasteiger partial charge is 0.478 e. The van der Waals surface area contributed by atoms with Crippen LogP contribution in [0.2, 0.25) is 0 Å². The highest BCUT2D eigenvalue weighted by atomic mass is 79.9. The Balaban J connectivity index is 1.60. The van der Waals surface area contributed by atoms with E-state index in [2.05, 4.69) is 42.5 Å². The van der Waals surface area contributed by atoms with Crippen molar-refractivity contribution in [3.8, 4) is 0 Å². The number of aromatic carboxylic acids is 2. The number of rotatable bonds is 8. The van der Waals surface area contributed by atoms with Crippen LogP contribution in [-0.2, 0) is 6.42 Å². The maximum atomic E-state index is 14.2. The first-order valence-electron chi connectivity index (χ1n) is 10.8. The monoisotopic (exact) mass is 630 g/mol. The molecule has 0 amide bonds. The van der Waals surface area contributed by atoms with Crippen LogP contribution >= 0.6 is 31.9 Å². The van der Waals surface area contributed by atoms with E-state index in [1.807, 2.05) is 0 Å². The lowest BCUT2D eigenvalue weighted by atomic mass is 9.99. The van der Waals surface area contributed by atoms with E-state index in [4.69, 9.17) is 0 Å². The summed E-state index contributed by atoms with van der Waals surface area (Å²) < 4.78 is 29.6. The quantitative estimate of drug-likeness (QED) is 0.157. The lowest BCUT2D eigenvalue weighted by molar-refractivity contribution is 0.0687. The smallest absolute Gasteiger partial charge is 0.337 e. The van der Waals surface area contributed by atoms with Crippen molar-refractivity contribution in [2.24, 2.45) is 0 Å². The van der Waals surface area contributed by atoms with Crippen molar-refractivity contribution in [2.45, 2.75) is 6.42 Å². The van der Waals surface area contributed by atoms with Crippen molar-refractivity contribution in [3.63, 3.8) is 0 Å². The average molecular weight is 632 g/mol. The maximum Gasteiger partial charge on any atom is 0.337 e. The average Bonchev–Trinajstić information content (AvgIpc) is 2.84. The summed E-state index contributed by atoms with van der Waals surface area (Å²) in [5, 5.41) is 25.1. The predicted molar refractivity (Wildman–Crippen MR) is 144 cm³/mol. The molecule has 0 spiro atoms. The Morgan fingerprint density at radius 3 is 1.35 bits per heavy atom. The van der Waals surface area contributed by atoms with Crippen LogP contribution < -0.4 is 10.6 Å². The van der Waals surface area contributed by atoms with Crippen LogP contribution in [0.25, 0.3) is 0 Å². The lowest BCUT2D eigenvalue weighted by Crippen LogP contribution is -2.06. The molecule has 0 atom stereocenters. The molecule has 0 radical (unpaired) electrons. The Morgan fingerprint density at radius 2 is 1.00 bits per heavy atom. The molecule has 0 heterocycles. The molecule has 0 aromatic heterocycles. The number of hydrogen-bond acceptors (Lipinski definition) is 4. The number of carboxylic acids is 2. The highest BCUT2D eigenvalue weighted by Gasteiger charge is 2.16. The summed E-state index contributed by atoms with van der Waals surface area (Å²) in [6.07, 6.45) is 0.237. The molecular formula is C27H18Br2F2N2O4. The highest BCUT2D eigenvalue weighted by Crippen LogP contribution is 2.29. The van der Waals surface area contributed by atoms with Gasteiger partial charge in [-0.25, -0.2) is 18.4 Å². The van der Waals surface area contributed by atoms with E-state index in [1.165, 1.54) is 48.5 Å². The van der Waals surface area contributed by atoms with Crippen LogP contribution in [0.5, 0.6) is 0 Å². The molecule has 0 aliphatic heterocycles. The normalized spacial score (nSPS) is 10.7. The molecule has 4 rings (SSSR count). The van der Waals surface area contributed by atoms with Crippen molar-refractivity contribution in [3.05, 3.63) is 116 Å². The second kappa shape index (κ2) is 11.1. The zero-order valence-electron chi connectivity index (χ0n) is 18.9. The number of hydrogen-bond donors (Lipinski definition) is 4. The highest BCUT2D eigenvalue weighted by molar-refractivity contribution is 9.10. The molecule has 6 nitrogen and oxygen atoms in total. The van der Waals surface area contributed by atoms with Gasteiger partial charge in [0.05, 0.1) is 33.9 Å². The van der Waals surface area contributed by atoms with Gasteiger partial charge in [-0.05, 0) is 78.2 Å². The first kappa shape index (κ1) is 26.3. The minimum atomic E-state index is -1.20. The van der Waals surface area contributed by atoms with Gasteiger partial charge in [-0.15, -0.1) is 0 Å². The molecule has 188 valence electrons. The number of carboxylic acid groups (broad SMARTS) is 2. The van der Waals surface area contributed by atoms with E-state index in [0.29, 0.717) is 20.1 Å². The number of nitrogens with one attached hydrogen (secondary N) is 2. The maximum absolute atomic E-state index is 14.2. The summed E-state index contributed by atoms with van der Waals surface area (Å²) >= 11 is 6.36. The summed E-state index contributed by atoms with van der Waals surface area (Å²) in [6, 6.07) is 18.1. The molecule has 0 bridgehead atoms. The van der Waals surface area contributed by atoms with Crippen molar-refractivity contribution < 1.29 is 28.6 Å². The van der Waals surface area contributed by atoms with Gasteiger partial charge in [0, 0.05) is 8.95 Å². The number of carbonyl (C=O) groups is 2. The number of halogens is 4. The SMILES string of the molecule is O=C(O)c1cc(Cc2ccc(Nc3ccc(Br)cc3F)c(C(=O)O)c2)ccc1Nc1ccc(Br)cc1F. The fourth-order valence-corrected chi connectivity index (χ4v) is 4.35. The van der Waals surface area contributed by atoms with Gasteiger partial charge in [0.25, 0.3) is 0 Å². The van der Waals surface area contributed by atoms with Crippen molar-refractivity contribution in [1.82, 2.24) is 0 Å². The summed E-state index contributed by atoms with van der Waals surface area (Å²) in [4.78, 5) is 23.8. The lowest BCUT2D eigenvalue weighted by Gasteiger charge is -2.14. The Labute approximate surface area is 227 Å². The molecule has 0 fully saturated rings. The first-order chi connectivity index (χ1) is 17.6. The van der Waals surface area contributed by atoms with Gasteiger partial charge in [-0.3, -0.25) is 0 Å². The van der Waals surface area contributed by atoms with Gasteiger partial charge in [-0.1, -0.05) is 44.0 Å². The molecular weight excluding hydrogens is 614 g/mol. The fraction of sp³-hybridized carbons (Fsp3) is 0.0370. The van der Waals surface area contributed by atoms with Crippen molar-refractivity contribution in [1.29, 1.82) is 0 Å². The predicted octanol–water partition coefficient (Wildman–Crippen LogP) is 7.96. The summed E-state index contributed by atoms with van der Waals surface area (Å²) in [7, 11) is 0. The fourth-order valence-electron chi connectivity index (χ4n) is 3.68. The third kappa shape index (κ3) is 6.33. The van der Waals surface area contributed by atoms with E-state index >= 15 is 0 Å². The minimum absolute atomic E-state index is 0.0673. The van der Waals surface area contributed by atoms with Crippen LogP contribution in [0, 0.1) is 11.6 Å². The molecule has 4 N–H and O–H groups in total. The van der Waals surface area contributed by atoms with E-state index in [-0.39, 0.29) is 40.3 Å². The van der Waals surface area contributed by atoms with E-state index in [9.17, 15) is 28.6 Å². The van der Waals surface area contributed by atoms with Gasteiger partial charge < -0.3 is 20.8 Å². The molecule has 0 unspecified atom stereocenters.